The van der Waals surface area contributed by atoms with Gasteiger partial charge >= 0.3 is 5.97 Å². The van der Waals surface area contributed by atoms with Crippen molar-refractivity contribution in [2.75, 3.05) is 23.4 Å². The molecular weight excluding hydrogens is 522 g/mol. The summed E-state index contributed by atoms with van der Waals surface area (Å²) >= 11 is 0. The highest BCUT2D eigenvalue weighted by Crippen LogP contribution is 2.40. The van der Waals surface area contributed by atoms with Crippen molar-refractivity contribution >= 4 is 33.3 Å². The van der Waals surface area contributed by atoms with E-state index in [4.69, 9.17) is 4.74 Å². The molecule has 0 aromatic heterocycles. The van der Waals surface area contributed by atoms with Gasteiger partial charge in [0.05, 0.1) is 36.5 Å². The summed E-state index contributed by atoms with van der Waals surface area (Å²) in [5, 5.41) is 14.3. The minimum Gasteiger partial charge on any atom is -0.492 e. The summed E-state index contributed by atoms with van der Waals surface area (Å²) in [6.07, 6.45) is 6.70. The summed E-state index contributed by atoms with van der Waals surface area (Å²) in [6, 6.07) is 3.12. The molecule has 212 valence electrons. The third-order valence-corrected chi connectivity index (χ3v) is 7.18. The van der Waals surface area contributed by atoms with Crippen LogP contribution >= 0.6 is 0 Å². The third-order valence-electron chi connectivity index (χ3n) is 6.59. The summed E-state index contributed by atoms with van der Waals surface area (Å²) in [5.74, 6) is -1.30. The molecule has 3 rings (SSSR count). The van der Waals surface area contributed by atoms with E-state index in [9.17, 15) is 23.1 Å². The molecule has 11 nitrogen and oxygen atoms in total. The molecule has 0 bridgehead atoms. The number of hydrogen-bond acceptors (Lipinski definition) is 8. The van der Waals surface area contributed by atoms with E-state index >= 15 is 0 Å². The number of carboxylic acids is 1. The van der Waals surface area contributed by atoms with E-state index in [0.29, 0.717) is 17.0 Å². The molecule has 1 atom stereocenters. The first-order chi connectivity index (χ1) is 18.1. The Morgan fingerprint density at radius 2 is 1.85 bits per heavy atom. The summed E-state index contributed by atoms with van der Waals surface area (Å²) in [5.41, 5.74) is 9.30. The van der Waals surface area contributed by atoms with Crippen molar-refractivity contribution in [3.63, 3.8) is 0 Å². The van der Waals surface area contributed by atoms with Crippen molar-refractivity contribution in [3.05, 3.63) is 64.0 Å². The molecule has 39 heavy (non-hydrogen) atoms. The molecular formula is C27H37N5O6S. The van der Waals surface area contributed by atoms with E-state index in [0.717, 1.165) is 23.0 Å². The smallest absolute Gasteiger partial charge is 0.355 e. The molecule has 1 unspecified atom stereocenters. The van der Waals surface area contributed by atoms with E-state index in [1.807, 2.05) is 53.7 Å². The number of carbonyl (C=O) groups excluding carboxylic acids is 1. The number of nitrogens with zero attached hydrogens (tertiary/aromatic N) is 1. The molecule has 5 N–H and O–H groups in total. The van der Waals surface area contributed by atoms with Gasteiger partial charge in [-0.3, -0.25) is 20.0 Å². The molecule has 12 heteroatoms. The number of sulfonamides is 1. The van der Waals surface area contributed by atoms with Crippen LogP contribution in [-0.4, -0.2) is 49.8 Å². The van der Waals surface area contributed by atoms with Crippen molar-refractivity contribution in [1.29, 1.82) is 0 Å². The Balaban J connectivity index is 1.97. The zero-order chi connectivity index (χ0) is 29.3. The fourth-order valence-corrected chi connectivity index (χ4v) is 4.91. The number of hydrazine groups is 2. The quantitative estimate of drug-likeness (QED) is 0.322. The van der Waals surface area contributed by atoms with Gasteiger partial charge in [0.15, 0.2) is 11.4 Å². The highest BCUT2D eigenvalue weighted by Gasteiger charge is 2.35. The minimum atomic E-state index is -3.62. The van der Waals surface area contributed by atoms with Crippen molar-refractivity contribution in [2.24, 2.45) is 0 Å². The lowest BCUT2D eigenvalue weighted by molar-refractivity contribution is -0.133. The van der Waals surface area contributed by atoms with Gasteiger partial charge in [0, 0.05) is 12.0 Å². The maximum absolute atomic E-state index is 13.5. The Labute approximate surface area is 229 Å². The average Bonchev–Trinajstić information content (AvgIpc) is 3.27. The zero-order valence-electron chi connectivity index (χ0n) is 23.5. The number of carbonyl (C=O) groups is 2. The summed E-state index contributed by atoms with van der Waals surface area (Å²) in [7, 11) is -2.21. The third kappa shape index (κ3) is 6.63. The van der Waals surface area contributed by atoms with Gasteiger partial charge in [-0.1, -0.05) is 39.0 Å². The highest BCUT2D eigenvalue weighted by molar-refractivity contribution is 7.92. The lowest BCUT2D eigenvalue weighted by atomic mass is 9.86. The zero-order valence-corrected chi connectivity index (χ0v) is 24.3. The standard InChI is InChI=1S/C27H37N5O6S/c1-9-15(2)23-22(26(34)35)29-31-32(23)21-12-17(11-10-16(21)3)25(33)28-19-13-18(27(4,5)6)14-20(24(19)38-7)30-39(8,36)37/h9-11,13-14,21,29-31H,12H2,1-8H3,(H,28,33)(H,34,35). The van der Waals surface area contributed by atoms with Crippen LogP contribution in [0.1, 0.15) is 53.5 Å². The van der Waals surface area contributed by atoms with E-state index in [-0.39, 0.29) is 35.0 Å². The van der Waals surface area contributed by atoms with Crippen LogP contribution in [-0.2, 0) is 25.0 Å². The van der Waals surface area contributed by atoms with Gasteiger partial charge in [0.25, 0.3) is 5.91 Å². The Morgan fingerprint density at radius 1 is 1.21 bits per heavy atom. The van der Waals surface area contributed by atoms with Crippen molar-refractivity contribution < 1.29 is 27.9 Å². The second-order valence-corrected chi connectivity index (χ2v) is 12.4. The van der Waals surface area contributed by atoms with Crippen LogP contribution in [0.5, 0.6) is 5.75 Å². The number of ether oxygens (including phenoxy) is 1. The maximum Gasteiger partial charge on any atom is 0.355 e. The lowest BCUT2D eigenvalue weighted by Crippen LogP contribution is -2.46. The molecule has 1 aliphatic heterocycles. The second-order valence-electron chi connectivity index (χ2n) is 10.6. The van der Waals surface area contributed by atoms with E-state index in [1.165, 1.54) is 7.11 Å². The number of nitrogens with one attached hydrogen (secondary N) is 4. The molecule has 1 aromatic carbocycles. The van der Waals surface area contributed by atoms with Crippen LogP contribution in [0.2, 0.25) is 0 Å². The largest absolute Gasteiger partial charge is 0.492 e. The van der Waals surface area contributed by atoms with Gasteiger partial charge in [-0.15, -0.1) is 5.53 Å². The Kier molecular flexibility index (Phi) is 8.51. The van der Waals surface area contributed by atoms with Gasteiger partial charge < -0.3 is 15.2 Å². The molecule has 0 spiro atoms. The molecule has 1 aromatic rings. The van der Waals surface area contributed by atoms with E-state index in [2.05, 4.69) is 21.0 Å². The fourth-order valence-electron chi connectivity index (χ4n) is 4.36. The van der Waals surface area contributed by atoms with Crippen molar-refractivity contribution in [3.8, 4) is 5.75 Å². The number of carboxylic acid groups (broad SMARTS) is 1. The van der Waals surface area contributed by atoms with Crippen LogP contribution in [0.25, 0.3) is 0 Å². The van der Waals surface area contributed by atoms with Gasteiger partial charge in [-0.05, 0) is 55.0 Å². The normalized spacial score (nSPS) is 18.3. The van der Waals surface area contributed by atoms with Crippen LogP contribution < -0.4 is 25.7 Å². The van der Waals surface area contributed by atoms with Gasteiger partial charge in [-0.2, -0.15) is 0 Å². The van der Waals surface area contributed by atoms with Crippen molar-refractivity contribution in [1.82, 2.24) is 16.0 Å². The first-order valence-electron chi connectivity index (χ1n) is 12.4. The number of hydrogen-bond donors (Lipinski definition) is 5. The monoisotopic (exact) mass is 559 g/mol. The molecule has 1 amide bonds. The number of methoxy groups -OCH3 is 1. The summed E-state index contributed by atoms with van der Waals surface area (Å²) in [6.45, 7) is 11.5. The second kappa shape index (κ2) is 11.1. The average molecular weight is 560 g/mol. The van der Waals surface area contributed by atoms with Gasteiger partial charge in [0.1, 0.15) is 0 Å². The van der Waals surface area contributed by atoms with Crippen LogP contribution in [0, 0.1) is 0 Å². The summed E-state index contributed by atoms with van der Waals surface area (Å²) < 4.78 is 32.1. The van der Waals surface area contributed by atoms with Crippen molar-refractivity contribution in [2.45, 2.75) is 59.4 Å². The first kappa shape index (κ1) is 29.8. The number of anilines is 2. The number of amides is 1. The molecule has 0 fully saturated rings. The molecule has 0 radical (unpaired) electrons. The van der Waals surface area contributed by atoms with Gasteiger partial charge in [0.2, 0.25) is 10.0 Å². The van der Waals surface area contributed by atoms with Crippen LogP contribution in [0.15, 0.2) is 58.5 Å². The van der Waals surface area contributed by atoms with E-state index < -0.39 is 21.9 Å². The summed E-state index contributed by atoms with van der Waals surface area (Å²) in [4.78, 5) is 25.4. The molecule has 1 heterocycles. The van der Waals surface area contributed by atoms with E-state index in [1.54, 1.807) is 23.2 Å². The molecule has 0 saturated heterocycles. The SMILES string of the molecule is CC=C(C)C1=C(C(=O)O)NNN1C1CC(C(=O)Nc2cc(C(C)(C)C)cc(NS(C)(=O)=O)c2OC)=CC=C1C. The number of aliphatic carboxylic acids is 1. The maximum atomic E-state index is 13.5. The highest BCUT2D eigenvalue weighted by atomic mass is 32.2. The predicted octanol–water partition coefficient (Wildman–Crippen LogP) is 3.53. The van der Waals surface area contributed by atoms with Crippen LogP contribution in [0.4, 0.5) is 11.4 Å². The first-order valence-corrected chi connectivity index (χ1v) is 14.3. The fraction of sp³-hybridized carbons (Fsp3) is 0.407. The Morgan fingerprint density at radius 3 is 2.38 bits per heavy atom. The number of benzene rings is 1. The van der Waals surface area contributed by atoms with Crippen LogP contribution in [0.3, 0.4) is 0 Å². The van der Waals surface area contributed by atoms with Gasteiger partial charge in [-0.25, -0.2) is 13.2 Å². The minimum absolute atomic E-state index is 0.0218. The molecule has 1 aliphatic carbocycles. The molecule has 2 aliphatic rings. The Hall–Kier alpha value is -3.77. The molecule has 0 saturated carbocycles. The predicted molar refractivity (Wildman–Crippen MR) is 151 cm³/mol. The number of rotatable bonds is 8. The topological polar surface area (TPSA) is 149 Å². The number of allylic oxidation sites excluding steroid dienone is 4. The Bertz CT molecular complexity index is 1420. The lowest BCUT2D eigenvalue weighted by Gasteiger charge is -2.34.